The van der Waals surface area contributed by atoms with Crippen molar-refractivity contribution in [3.05, 3.63) is 27.7 Å². The standard InChI is InChI=1S/C13H16Cl3NO2S2/c1-13(2)8-17(5-6-20-13)21(18,19)11-4-3-10(15)9(7-14)12(11)16/h3-4H,5-8H2,1-2H3. The molecule has 0 aliphatic carbocycles. The van der Waals surface area contributed by atoms with Crippen LogP contribution in [-0.2, 0) is 15.9 Å². The minimum Gasteiger partial charge on any atom is -0.207 e. The summed E-state index contributed by atoms with van der Waals surface area (Å²) in [5, 5.41) is 0.497. The second-order valence-electron chi connectivity index (χ2n) is 5.42. The second-order valence-corrected chi connectivity index (χ2v) is 10.2. The number of thioether (sulfide) groups is 1. The molecule has 3 nitrogen and oxygen atoms in total. The van der Waals surface area contributed by atoms with Gasteiger partial charge in [-0.1, -0.05) is 23.2 Å². The number of halogens is 3. The molecule has 0 radical (unpaired) electrons. The predicted octanol–water partition coefficient (Wildman–Crippen LogP) is 4.25. The van der Waals surface area contributed by atoms with E-state index in [0.717, 1.165) is 5.75 Å². The third kappa shape index (κ3) is 3.65. The first-order valence-electron chi connectivity index (χ1n) is 6.36. The predicted molar refractivity (Wildman–Crippen MR) is 91.3 cm³/mol. The topological polar surface area (TPSA) is 37.4 Å². The zero-order valence-corrected chi connectivity index (χ0v) is 15.6. The van der Waals surface area contributed by atoms with E-state index in [-0.39, 0.29) is 20.5 Å². The van der Waals surface area contributed by atoms with Crippen molar-refractivity contribution in [3.63, 3.8) is 0 Å². The maximum absolute atomic E-state index is 12.8. The third-order valence-corrected chi connectivity index (χ3v) is 7.64. The molecule has 1 aromatic rings. The van der Waals surface area contributed by atoms with E-state index in [1.807, 2.05) is 13.8 Å². The summed E-state index contributed by atoms with van der Waals surface area (Å²) in [5.41, 5.74) is 0.451. The van der Waals surface area contributed by atoms with Crippen LogP contribution >= 0.6 is 46.6 Å². The van der Waals surface area contributed by atoms with Gasteiger partial charge in [-0.05, 0) is 26.0 Å². The second kappa shape index (κ2) is 6.46. The van der Waals surface area contributed by atoms with E-state index < -0.39 is 10.0 Å². The Balaban J connectivity index is 2.45. The van der Waals surface area contributed by atoms with Gasteiger partial charge in [-0.15, -0.1) is 11.6 Å². The largest absolute Gasteiger partial charge is 0.244 e. The summed E-state index contributed by atoms with van der Waals surface area (Å²) in [4.78, 5) is 0.0758. The number of rotatable bonds is 3. The van der Waals surface area contributed by atoms with Gasteiger partial charge >= 0.3 is 0 Å². The molecule has 0 N–H and O–H groups in total. The molecule has 1 aliphatic heterocycles. The molecule has 2 rings (SSSR count). The van der Waals surface area contributed by atoms with Crippen molar-refractivity contribution >= 4 is 56.6 Å². The first-order valence-corrected chi connectivity index (χ1v) is 10.1. The smallest absolute Gasteiger partial charge is 0.207 e. The van der Waals surface area contributed by atoms with Gasteiger partial charge in [-0.2, -0.15) is 16.1 Å². The van der Waals surface area contributed by atoms with E-state index in [0.29, 0.717) is 23.7 Å². The molecule has 118 valence electrons. The summed E-state index contributed by atoms with van der Waals surface area (Å²) in [6.45, 7) is 5.00. The van der Waals surface area contributed by atoms with Gasteiger partial charge in [0, 0.05) is 34.2 Å². The van der Waals surface area contributed by atoms with E-state index in [1.165, 1.54) is 16.4 Å². The van der Waals surface area contributed by atoms with Gasteiger partial charge in [0.25, 0.3) is 0 Å². The van der Waals surface area contributed by atoms with E-state index in [1.54, 1.807) is 11.8 Å². The zero-order chi connectivity index (χ0) is 15.8. The first kappa shape index (κ1) is 17.7. The lowest BCUT2D eigenvalue weighted by molar-refractivity contribution is 0.387. The highest BCUT2D eigenvalue weighted by Crippen LogP contribution is 2.37. The van der Waals surface area contributed by atoms with Crippen molar-refractivity contribution in [2.24, 2.45) is 0 Å². The van der Waals surface area contributed by atoms with E-state index in [9.17, 15) is 8.42 Å². The van der Waals surface area contributed by atoms with Crippen molar-refractivity contribution in [2.45, 2.75) is 29.4 Å². The summed E-state index contributed by atoms with van der Waals surface area (Å²) in [7, 11) is -3.64. The molecule has 1 heterocycles. The minimum atomic E-state index is -3.64. The molecule has 0 atom stereocenters. The fraction of sp³-hybridized carbons (Fsp3) is 0.538. The van der Waals surface area contributed by atoms with Crippen molar-refractivity contribution in [1.82, 2.24) is 4.31 Å². The molecule has 0 unspecified atom stereocenters. The van der Waals surface area contributed by atoms with E-state index >= 15 is 0 Å². The minimum absolute atomic E-state index is 0.0718. The number of sulfonamides is 1. The Bertz CT molecular complexity index is 647. The van der Waals surface area contributed by atoms with Gasteiger partial charge in [0.05, 0.1) is 10.9 Å². The van der Waals surface area contributed by atoms with Crippen LogP contribution in [0.5, 0.6) is 0 Å². The van der Waals surface area contributed by atoms with Gasteiger partial charge in [-0.3, -0.25) is 0 Å². The lowest BCUT2D eigenvalue weighted by Crippen LogP contribution is -2.46. The third-order valence-electron chi connectivity index (χ3n) is 3.29. The van der Waals surface area contributed by atoms with E-state index in [4.69, 9.17) is 34.8 Å². The molecule has 0 saturated carbocycles. The Morgan fingerprint density at radius 1 is 1.33 bits per heavy atom. The maximum Gasteiger partial charge on any atom is 0.244 e. The molecule has 8 heteroatoms. The Labute approximate surface area is 145 Å². The van der Waals surface area contributed by atoms with Crippen LogP contribution in [0.4, 0.5) is 0 Å². The van der Waals surface area contributed by atoms with Gasteiger partial charge in [-0.25, -0.2) is 8.42 Å². The maximum atomic E-state index is 12.8. The van der Waals surface area contributed by atoms with Crippen molar-refractivity contribution in [1.29, 1.82) is 0 Å². The quantitative estimate of drug-likeness (QED) is 0.726. The van der Waals surface area contributed by atoms with Crippen LogP contribution in [0.2, 0.25) is 10.0 Å². The highest BCUT2D eigenvalue weighted by atomic mass is 35.5. The highest BCUT2D eigenvalue weighted by molar-refractivity contribution is 8.00. The van der Waals surface area contributed by atoms with Crippen LogP contribution in [0.25, 0.3) is 0 Å². The van der Waals surface area contributed by atoms with Crippen molar-refractivity contribution < 1.29 is 8.42 Å². The van der Waals surface area contributed by atoms with Crippen LogP contribution in [0.1, 0.15) is 19.4 Å². The van der Waals surface area contributed by atoms with Gasteiger partial charge in [0.1, 0.15) is 4.90 Å². The molecular formula is C13H16Cl3NO2S2. The van der Waals surface area contributed by atoms with Crippen LogP contribution in [0.15, 0.2) is 17.0 Å². The number of hydrogen-bond acceptors (Lipinski definition) is 3. The van der Waals surface area contributed by atoms with Crippen molar-refractivity contribution in [2.75, 3.05) is 18.8 Å². The van der Waals surface area contributed by atoms with Crippen LogP contribution in [0.3, 0.4) is 0 Å². The Morgan fingerprint density at radius 2 is 2.00 bits per heavy atom. The number of nitrogens with zero attached hydrogens (tertiary/aromatic N) is 1. The average Bonchev–Trinajstić information content (AvgIpc) is 2.37. The Morgan fingerprint density at radius 3 is 2.57 bits per heavy atom. The number of hydrogen-bond donors (Lipinski definition) is 0. The summed E-state index contributed by atoms with van der Waals surface area (Å²) in [5.74, 6) is 0.835. The molecule has 0 spiro atoms. The summed E-state index contributed by atoms with van der Waals surface area (Å²) < 4.78 is 27.0. The molecule has 0 amide bonds. The van der Waals surface area contributed by atoms with Gasteiger partial charge in [0.15, 0.2) is 0 Å². The molecular weight excluding hydrogens is 373 g/mol. The number of alkyl halides is 1. The van der Waals surface area contributed by atoms with Crippen LogP contribution in [-0.4, -0.2) is 36.3 Å². The molecule has 0 bridgehead atoms. The molecule has 0 aromatic heterocycles. The van der Waals surface area contributed by atoms with Gasteiger partial charge < -0.3 is 0 Å². The Kier molecular flexibility index (Phi) is 5.44. The lowest BCUT2D eigenvalue weighted by atomic mass is 10.2. The fourth-order valence-corrected chi connectivity index (χ4v) is 6.43. The van der Waals surface area contributed by atoms with E-state index in [2.05, 4.69) is 0 Å². The molecule has 1 saturated heterocycles. The van der Waals surface area contributed by atoms with Crippen molar-refractivity contribution in [3.8, 4) is 0 Å². The van der Waals surface area contributed by atoms with Crippen LogP contribution < -0.4 is 0 Å². The highest BCUT2D eigenvalue weighted by Gasteiger charge is 2.36. The summed E-state index contributed by atoms with van der Waals surface area (Å²) in [6.07, 6.45) is 0. The lowest BCUT2D eigenvalue weighted by Gasteiger charge is -2.36. The van der Waals surface area contributed by atoms with Gasteiger partial charge in [0.2, 0.25) is 10.0 Å². The Hall–Kier alpha value is 0.350. The fourth-order valence-electron chi connectivity index (χ4n) is 2.22. The first-order chi connectivity index (χ1) is 9.69. The zero-order valence-electron chi connectivity index (χ0n) is 11.7. The number of benzene rings is 1. The molecule has 1 aliphatic rings. The molecule has 21 heavy (non-hydrogen) atoms. The monoisotopic (exact) mass is 387 g/mol. The normalized spacial score (nSPS) is 19.7. The average molecular weight is 389 g/mol. The summed E-state index contributed by atoms with van der Waals surface area (Å²) in [6, 6.07) is 2.98. The molecule has 1 aromatic carbocycles. The van der Waals surface area contributed by atoms with Crippen LogP contribution in [0, 0.1) is 0 Å². The molecule has 1 fully saturated rings. The summed E-state index contributed by atoms with van der Waals surface area (Å²) >= 11 is 19.8. The SMILES string of the molecule is CC1(C)CN(S(=O)(=O)c2ccc(Cl)c(CCl)c2Cl)CCS1.